The summed E-state index contributed by atoms with van der Waals surface area (Å²) in [6.07, 6.45) is 0.909. The number of nitrogens with one attached hydrogen (secondary N) is 1. The minimum Gasteiger partial charge on any atom is -0.388 e. The lowest BCUT2D eigenvalue weighted by Crippen LogP contribution is -2.56. The van der Waals surface area contributed by atoms with Crippen LogP contribution in [0.3, 0.4) is 0 Å². The molecular formula is C13H27NO. The molecule has 2 nitrogen and oxygen atoms in total. The van der Waals surface area contributed by atoms with E-state index in [1.807, 2.05) is 7.05 Å². The van der Waals surface area contributed by atoms with Crippen LogP contribution in [0.1, 0.15) is 41.0 Å². The predicted molar refractivity (Wildman–Crippen MR) is 64.8 cm³/mol. The van der Waals surface area contributed by atoms with Crippen LogP contribution in [0, 0.1) is 23.2 Å². The van der Waals surface area contributed by atoms with Crippen molar-refractivity contribution in [3.63, 3.8) is 0 Å². The third-order valence-electron chi connectivity index (χ3n) is 5.18. The van der Waals surface area contributed by atoms with Crippen molar-refractivity contribution in [1.29, 1.82) is 0 Å². The van der Waals surface area contributed by atoms with Crippen molar-refractivity contribution in [1.82, 2.24) is 5.32 Å². The van der Waals surface area contributed by atoms with Crippen molar-refractivity contribution in [2.75, 3.05) is 13.6 Å². The molecule has 2 N–H and O–H groups in total. The molecule has 0 amide bonds. The van der Waals surface area contributed by atoms with E-state index in [1.54, 1.807) is 0 Å². The van der Waals surface area contributed by atoms with Gasteiger partial charge in [0.2, 0.25) is 0 Å². The fourth-order valence-electron chi connectivity index (χ4n) is 3.08. The Balaban J connectivity index is 2.91. The molecule has 1 aliphatic rings. The molecule has 4 atom stereocenters. The van der Waals surface area contributed by atoms with Gasteiger partial charge in [-0.1, -0.05) is 34.6 Å². The quantitative estimate of drug-likeness (QED) is 0.737. The van der Waals surface area contributed by atoms with Crippen LogP contribution >= 0.6 is 0 Å². The lowest BCUT2D eigenvalue weighted by atomic mass is 9.54. The molecule has 1 aliphatic carbocycles. The van der Waals surface area contributed by atoms with Crippen LogP contribution < -0.4 is 5.32 Å². The normalized spacial score (nSPS) is 45.4. The Labute approximate surface area is 94.5 Å². The Kier molecular flexibility index (Phi) is 3.52. The standard InChI is InChI=1S/C13H27NO/c1-9-7-13(15,8-14-6)11(3)10(2)12(9,4)5/h9-11,14-15H,7-8H2,1-6H3/t9-,10+,11+,13?/m0/s1. The first kappa shape index (κ1) is 13.0. The Hall–Kier alpha value is -0.0800. The molecule has 1 saturated carbocycles. The Morgan fingerprint density at radius 3 is 2.20 bits per heavy atom. The maximum atomic E-state index is 10.7. The average Bonchev–Trinajstić information content (AvgIpc) is 2.13. The molecule has 0 aliphatic heterocycles. The predicted octanol–water partition coefficient (Wildman–Crippen LogP) is 2.28. The summed E-state index contributed by atoms with van der Waals surface area (Å²) in [5.41, 5.74) is -0.192. The number of hydrogen-bond acceptors (Lipinski definition) is 2. The largest absolute Gasteiger partial charge is 0.388 e. The smallest absolute Gasteiger partial charge is 0.0802 e. The summed E-state index contributed by atoms with van der Waals surface area (Å²) < 4.78 is 0. The molecule has 0 aromatic rings. The molecule has 1 rings (SSSR count). The highest BCUT2D eigenvalue weighted by Gasteiger charge is 2.50. The Bertz CT molecular complexity index is 227. The lowest BCUT2D eigenvalue weighted by Gasteiger charge is -2.53. The van der Waals surface area contributed by atoms with Gasteiger partial charge in [-0.15, -0.1) is 0 Å². The highest BCUT2D eigenvalue weighted by atomic mass is 16.3. The first-order chi connectivity index (χ1) is 6.75. The van der Waals surface area contributed by atoms with Crippen molar-refractivity contribution in [3.05, 3.63) is 0 Å². The van der Waals surface area contributed by atoms with Gasteiger partial charge in [0.1, 0.15) is 0 Å². The molecule has 0 spiro atoms. The van der Waals surface area contributed by atoms with Gasteiger partial charge in [0.05, 0.1) is 5.60 Å². The van der Waals surface area contributed by atoms with Crippen LogP contribution in [0.4, 0.5) is 0 Å². The highest BCUT2D eigenvalue weighted by molar-refractivity contribution is 5.01. The fraction of sp³-hybridized carbons (Fsp3) is 1.00. The second-order valence-electron chi connectivity index (χ2n) is 6.14. The summed E-state index contributed by atoms with van der Waals surface area (Å²) in [6.45, 7) is 12.1. The van der Waals surface area contributed by atoms with Crippen molar-refractivity contribution in [3.8, 4) is 0 Å². The highest BCUT2D eigenvalue weighted by Crippen LogP contribution is 2.51. The Morgan fingerprint density at radius 1 is 1.20 bits per heavy atom. The van der Waals surface area contributed by atoms with Crippen molar-refractivity contribution >= 4 is 0 Å². The van der Waals surface area contributed by atoms with Crippen molar-refractivity contribution < 1.29 is 5.11 Å². The molecule has 2 heteroatoms. The zero-order valence-corrected chi connectivity index (χ0v) is 11.1. The minimum absolute atomic E-state index is 0.333. The first-order valence-electron chi connectivity index (χ1n) is 6.12. The molecule has 0 aromatic heterocycles. The van der Waals surface area contributed by atoms with Gasteiger partial charge in [0, 0.05) is 6.54 Å². The molecule has 15 heavy (non-hydrogen) atoms. The lowest BCUT2D eigenvalue weighted by molar-refractivity contribution is -0.126. The molecule has 0 saturated heterocycles. The molecule has 0 bridgehead atoms. The van der Waals surface area contributed by atoms with Crippen LogP contribution in [0.15, 0.2) is 0 Å². The van der Waals surface area contributed by atoms with Crippen molar-refractivity contribution in [2.45, 2.75) is 46.6 Å². The van der Waals surface area contributed by atoms with E-state index in [-0.39, 0.29) is 0 Å². The van der Waals surface area contributed by atoms with Gasteiger partial charge in [-0.25, -0.2) is 0 Å². The zero-order chi connectivity index (χ0) is 11.9. The molecule has 0 radical (unpaired) electrons. The van der Waals surface area contributed by atoms with E-state index in [0.29, 0.717) is 29.7 Å². The molecule has 1 unspecified atom stereocenters. The van der Waals surface area contributed by atoms with E-state index in [0.717, 1.165) is 6.42 Å². The summed E-state index contributed by atoms with van der Waals surface area (Å²) in [6, 6.07) is 0. The summed E-state index contributed by atoms with van der Waals surface area (Å²) in [7, 11) is 1.92. The van der Waals surface area contributed by atoms with Gasteiger partial charge in [0.15, 0.2) is 0 Å². The van der Waals surface area contributed by atoms with Gasteiger partial charge in [-0.2, -0.15) is 0 Å². The fourth-order valence-corrected chi connectivity index (χ4v) is 3.08. The number of rotatable bonds is 2. The Morgan fingerprint density at radius 2 is 1.73 bits per heavy atom. The average molecular weight is 213 g/mol. The summed E-state index contributed by atoms with van der Waals surface area (Å²) in [5.74, 6) is 1.48. The molecular weight excluding hydrogens is 186 g/mol. The number of hydrogen-bond donors (Lipinski definition) is 2. The summed E-state index contributed by atoms with van der Waals surface area (Å²) in [4.78, 5) is 0. The van der Waals surface area contributed by atoms with Gasteiger partial charge >= 0.3 is 0 Å². The van der Waals surface area contributed by atoms with Gasteiger partial charge in [-0.3, -0.25) is 0 Å². The van der Waals surface area contributed by atoms with E-state index in [1.165, 1.54) is 0 Å². The van der Waals surface area contributed by atoms with Gasteiger partial charge in [0.25, 0.3) is 0 Å². The molecule has 0 aromatic carbocycles. The summed E-state index contributed by atoms with van der Waals surface area (Å²) in [5, 5.41) is 13.8. The molecule has 1 fully saturated rings. The van der Waals surface area contributed by atoms with Crippen LogP contribution in [0.25, 0.3) is 0 Å². The van der Waals surface area contributed by atoms with Crippen LogP contribution in [-0.2, 0) is 0 Å². The third kappa shape index (κ3) is 2.07. The summed E-state index contributed by atoms with van der Waals surface area (Å²) >= 11 is 0. The number of aliphatic hydroxyl groups is 1. The van der Waals surface area contributed by atoms with E-state index >= 15 is 0 Å². The second kappa shape index (κ2) is 4.06. The molecule has 0 heterocycles. The topological polar surface area (TPSA) is 32.3 Å². The maximum Gasteiger partial charge on any atom is 0.0802 e. The van der Waals surface area contributed by atoms with Crippen molar-refractivity contribution in [2.24, 2.45) is 23.2 Å². The maximum absolute atomic E-state index is 10.7. The molecule has 90 valence electrons. The van der Waals surface area contributed by atoms with Crippen LogP contribution in [-0.4, -0.2) is 24.3 Å². The third-order valence-corrected chi connectivity index (χ3v) is 5.18. The van der Waals surface area contributed by atoms with E-state index in [9.17, 15) is 5.11 Å². The van der Waals surface area contributed by atoms with Crippen LogP contribution in [0.2, 0.25) is 0 Å². The van der Waals surface area contributed by atoms with Crippen LogP contribution in [0.5, 0.6) is 0 Å². The monoisotopic (exact) mass is 213 g/mol. The van der Waals surface area contributed by atoms with E-state index in [4.69, 9.17) is 0 Å². The van der Waals surface area contributed by atoms with E-state index in [2.05, 4.69) is 39.9 Å². The number of likely N-dealkylation sites (N-methyl/N-ethyl adjacent to an activating group) is 1. The minimum atomic E-state index is -0.525. The first-order valence-corrected chi connectivity index (χ1v) is 6.12. The van der Waals surface area contributed by atoms with E-state index < -0.39 is 5.60 Å². The second-order valence-corrected chi connectivity index (χ2v) is 6.14. The SMILES string of the molecule is CNCC1(O)C[C@H](C)C(C)(C)[C@H](C)[C@H]1C. The zero-order valence-electron chi connectivity index (χ0n) is 11.1. The van der Waals surface area contributed by atoms with Gasteiger partial charge in [-0.05, 0) is 36.6 Å². The van der Waals surface area contributed by atoms with Gasteiger partial charge < -0.3 is 10.4 Å².